The van der Waals surface area contributed by atoms with Crippen LogP contribution in [0.25, 0.3) is 0 Å². The van der Waals surface area contributed by atoms with Crippen molar-refractivity contribution in [2.45, 2.75) is 63.2 Å². The zero-order chi connectivity index (χ0) is 23.7. The van der Waals surface area contributed by atoms with E-state index in [9.17, 15) is 18.6 Å². The van der Waals surface area contributed by atoms with Gasteiger partial charge in [0, 0.05) is 37.2 Å². The first-order valence-corrected chi connectivity index (χ1v) is 12.7. The minimum absolute atomic E-state index is 0.0772. The van der Waals surface area contributed by atoms with Gasteiger partial charge in [-0.25, -0.2) is 8.42 Å². The first kappa shape index (κ1) is 25.0. The van der Waals surface area contributed by atoms with Crippen molar-refractivity contribution in [3.63, 3.8) is 0 Å². The summed E-state index contributed by atoms with van der Waals surface area (Å²) in [5.41, 5.74) is -0.589. The molecular weight excluding hydrogens is 428 g/mol. The van der Waals surface area contributed by atoms with Gasteiger partial charge in [0.05, 0.1) is 6.61 Å². The first-order chi connectivity index (χ1) is 14.9. The van der Waals surface area contributed by atoms with Crippen LogP contribution in [0, 0.1) is 23.7 Å². The smallest absolute Gasteiger partial charge is 0.247 e. The van der Waals surface area contributed by atoms with Gasteiger partial charge in [-0.2, -0.15) is 4.31 Å². The van der Waals surface area contributed by atoms with Crippen LogP contribution in [-0.4, -0.2) is 78.9 Å². The molecule has 1 heterocycles. The summed E-state index contributed by atoms with van der Waals surface area (Å²) in [6.07, 6.45) is 2.30. The van der Waals surface area contributed by atoms with E-state index in [1.54, 1.807) is 32.9 Å². The summed E-state index contributed by atoms with van der Waals surface area (Å²) in [5.74, 6) is 6.59. The molecule has 7 nitrogen and oxygen atoms in total. The Hall–Kier alpha value is -1.63. The predicted molar refractivity (Wildman–Crippen MR) is 124 cm³/mol. The molecule has 3 atom stereocenters. The fraction of sp³-hybridized carbons (Fsp3) is 0.667. The van der Waals surface area contributed by atoms with E-state index in [1.165, 1.54) is 23.2 Å². The quantitative estimate of drug-likeness (QED) is 0.625. The Kier molecular flexibility index (Phi) is 7.58. The van der Waals surface area contributed by atoms with Gasteiger partial charge in [-0.3, -0.25) is 0 Å². The lowest BCUT2D eigenvalue weighted by molar-refractivity contribution is 0.0740. The molecule has 1 aliphatic heterocycles. The third kappa shape index (κ3) is 6.24. The van der Waals surface area contributed by atoms with Crippen molar-refractivity contribution in [1.29, 1.82) is 0 Å². The van der Waals surface area contributed by atoms with E-state index in [4.69, 9.17) is 4.74 Å². The molecule has 0 spiro atoms. The van der Waals surface area contributed by atoms with Crippen LogP contribution in [0.2, 0.25) is 0 Å². The average molecular weight is 465 g/mol. The van der Waals surface area contributed by atoms with Crippen LogP contribution in [0.5, 0.6) is 5.75 Å². The van der Waals surface area contributed by atoms with Gasteiger partial charge in [0.1, 0.15) is 22.4 Å². The van der Waals surface area contributed by atoms with E-state index < -0.39 is 21.7 Å². The Labute approximate surface area is 192 Å². The number of nitrogens with zero attached hydrogens (tertiary/aromatic N) is 2. The average Bonchev–Trinajstić information content (AvgIpc) is 3.51. The zero-order valence-electron chi connectivity index (χ0n) is 19.7. The molecule has 0 aromatic heterocycles. The molecule has 2 aliphatic rings. The standard InChI is InChI=1S/C24H36N2O5S/c1-17-13-26(18(2)16-27)32(29,30)23-9-8-19(10-11-24(3,4)28)12-21(23)31-22(17)15-25(5)14-20-6-7-20/h8-9,12,17-18,20,22,27-28H,6-7,13-16H2,1-5H3/t17-,18-,22+/m1/s1. The number of hydrogen-bond donors (Lipinski definition) is 2. The molecule has 0 unspecified atom stereocenters. The molecule has 178 valence electrons. The summed E-state index contributed by atoms with van der Waals surface area (Å²) in [6.45, 7) is 8.58. The third-order valence-corrected chi connectivity index (χ3v) is 7.96. The molecule has 1 fully saturated rings. The number of rotatable bonds is 6. The molecule has 0 radical (unpaired) electrons. The number of likely N-dealkylation sites (N-methyl/N-ethyl adjacent to an activating group) is 1. The number of aliphatic hydroxyl groups excluding tert-OH is 1. The fourth-order valence-electron chi connectivity index (χ4n) is 3.87. The monoisotopic (exact) mass is 464 g/mol. The highest BCUT2D eigenvalue weighted by Crippen LogP contribution is 2.35. The van der Waals surface area contributed by atoms with Crippen LogP contribution in [0.3, 0.4) is 0 Å². The van der Waals surface area contributed by atoms with Gasteiger partial charge in [-0.15, -0.1) is 0 Å². The highest BCUT2D eigenvalue weighted by Gasteiger charge is 2.38. The largest absolute Gasteiger partial charge is 0.487 e. The number of ether oxygens (including phenoxy) is 1. The molecule has 0 saturated heterocycles. The van der Waals surface area contributed by atoms with Crippen LogP contribution < -0.4 is 4.74 Å². The lowest BCUT2D eigenvalue weighted by Crippen LogP contribution is -2.49. The number of sulfonamides is 1. The highest BCUT2D eigenvalue weighted by atomic mass is 32.2. The molecular formula is C24H36N2O5S. The predicted octanol–water partition coefficient (Wildman–Crippen LogP) is 1.92. The van der Waals surface area contributed by atoms with E-state index in [1.807, 2.05) is 6.92 Å². The number of benzene rings is 1. The van der Waals surface area contributed by atoms with E-state index in [2.05, 4.69) is 23.8 Å². The van der Waals surface area contributed by atoms with Crippen LogP contribution in [-0.2, 0) is 10.0 Å². The highest BCUT2D eigenvalue weighted by molar-refractivity contribution is 7.89. The molecule has 32 heavy (non-hydrogen) atoms. The molecule has 3 rings (SSSR count). The molecule has 1 aliphatic carbocycles. The summed E-state index contributed by atoms with van der Waals surface area (Å²) in [5, 5.41) is 19.7. The summed E-state index contributed by atoms with van der Waals surface area (Å²) in [4.78, 5) is 2.33. The van der Waals surface area contributed by atoms with Crippen molar-refractivity contribution in [2.75, 3.05) is 33.3 Å². The summed E-state index contributed by atoms with van der Waals surface area (Å²) >= 11 is 0. The van der Waals surface area contributed by atoms with E-state index in [0.717, 1.165) is 12.5 Å². The Bertz CT molecular complexity index is 972. The van der Waals surface area contributed by atoms with Gasteiger partial charge in [0.25, 0.3) is 0 Å². The van der Waals surface area contributed by atoms with E-state index in [0.29, 0.717) is 12.1 Å². The van der Waals surface area contributed by atoms with Crippen LogP contribution >= 0.6 is 0 Å². The third-order valence-electron chi connectivity index (χ3n) is 5.94. The molecule has 1 aromatic rings. The minimum atomic E-state index is -3.87. The van der Waals surface area contributed by atoms with Gasteiger partial charge in [-0.1, -0.05) is 18.8 Å². The van der Waals surface area contributed by atoms with Crippen LogP contribution in [0.4, 0.5) is 0 Å². The second-order valence-corrected chi connectivity index (χ2v) is 11.7. The summed E-state index contributed by atoms with van der Waals surface area (Å²) in [6, 6.07) is 4.23. The minimum Gasteiger partial charge on any atom is -0.487 e. The summed E-state index contributed by atoms with van der Waals surface area (Å²) < 4.78 is 34.7. The molecule has 0 bridgehead atoms. The van der Waals surface area contributed by atoms with Gasteiger partial charge in [0.15, 0.2) is 0 Å². The Balaban J connectivity index is 2.02. The fourth-order valence-corrected chi connectivity index (χ4v) is 5.70. The number of fused-ring (bicyclic) bond motifs is 1. The van der Waals surface area contributed by atoms with Gasteiger partial charge in [0.2, 0.25) is 10.0 Å². The molecule has 0 amide bonds. The molecule has 1 saturated carbocycles. The summed E-state index contributed by atoms with van der Waals surface area (Å²) in [7, 11) is -1.80. The topological polar surface area (TPSA) is 90.3 Å². The maximum Gasteiger partial charge on any atom is 0.247 e. The van der Waals surface area contributed by atoms with Gasteiger partial charge < -0.3 is 19.8 Å². The van der Waals surface area contributed by atoms with Crippen molar-refractivity contribution in [3.8, 4) is 17.6 Å². The first-order valence-electron chi connectivity index (χ1n) is 11.3. The second-order valence-electron chi connectivity index (χ2n) is 9.88. The molecule has 2 N–H and O–H groups in total. The zero-order valence-corrected chi connectivity index (χ0v) is 20.5. The Morgan fingerprint density at radius 3 is 2.59 bits per heavy atom. The van der Waals surface area contributed by atoms with Gasteiger partial charge >= 0.3 is 0 Å². The maximum absolute atomic E-state index is 13.5. The van der Waals surface area contributed by atoms with Gasteiger partial charge in [-0.05, 0) is 64.8 Å². The van der Waals surface area contributed by atoms with Crippen molar-refractivity contribution < 1.29 is 23.4 Å². The maximum atomic E-state index is 13.5. The number of hydrogen-bond acceptors (Lipinski definition) is 6. The SMILES string of the molecule is C[C@@H]1CN([C@H](C)CO)S(=O)(=O)c2ccc(C#CC(C)(C)O)cc2O[C@H]1CN(C)CC1CC1. The van der Waals surface area contributed by atoms with E-state index >= 15 is 0 Å². The molecule has 1 aromatic carbocycles. The van der Waals surface area contributed by atoms with Crippen molar-refractivity contribution in [2.24, 2.45) is 11.8 Å². The second kappa shape index (κ2) is 9.70. The Morgan fingerprint density at radius 2 is 2.00 bits per heavy atom. The van der Waals surface area contributed by atoms with E-state index in [-0.39, 0.29) is 35.8 Å². The normalized spacial score (nSPS) is 24.5. The van der Waals surface area contributed by atoms with Crippen molar-refractivity contribution >= 4 is 10.0 Å². The van der Waals surface area contributed by atoms with Crippen LogP contribution in [0.1, 0.15) is 46.1 Å². The van der Waals surface area contributed by atoms with Crippen molar-refractivity contribution in [3.05, 3.63) is 23.8 Å². The Morgan fingerprint density at radius 1 is 1.31 bits per heavy atom. The lowest BCUT2D eigenvalue weighted by atomic mass is 10.0. The van der Waals surface area contributed by atoms with Crippen LogP contribution in [0.15, 0.2) is 23.1 Å². The van der Waals surface area contributed by atoms with Crippen molar-refractivity contribution in [1.82, 2.24) is 9.21 Å². The number of aliphatic hydroxyl groups is 2. The lowest BCUT2D eigenvalue weighted by Gasteiger charge is -2.37. The molecule has 8 heteroatoms.